The Labute approximate surface area is 64.1 Å². The van der Waals surface area contributed by atoms with Crippen molar-refractivity contribution >= 4 is 17.3 Å². The molecule has 0 aromatic carbocycles. The topological polar surface area (TPSA) is 95.1 Å². The minimum atomic E-state index is -2.84. The van der Waals surface area contributed by atoms with Crippen molar-refractivity contribution in [1.29, 1.82) is 0 Å². The van der Waals surface area contributed by atoms with Crippen LogP contribution in [0, 0.1) is 0 Å². The molecule has 0 bridgehead atoms. The summed E-state index contributed by atoms with van der Waals surface area (Å²) >= 11 is -2.84. The predicted molar refractivity (Wildman–Crippen MR) is 32.9 cm³/mol. The maximum absolute atomic E-state index is 10.6. The number of H-pyrrole nitrogens is 1. The lowest BCUT2D eigenvalue weighted by molar-refractivity contribution is 0.0730. The van der Waals surface area contributed by atoms with E-state index in [1.807, 2.05) is 0 Å². The highest BCUT2D eigenvalue weighted by atomic mass is 32.2. The van der Waals surface area contributed by atoms with Gasteiger partial charge in [0.25, 0.3) is 0 Å². The number of imidazole rings is 1. The second kappa shape index (κ2) is 3.26. The molecular weight excluding hydrogens is 172 g/mol. The Balaban J connectivity index is 2.64. The van der Waals surface area contributed by atoms with Crippen LogP contribution in [0.3, 0.4) is 0 Å². The van der Waals surface area contributed by atoms with Gasteiger partial charge >= 0.3 is 5.97 Å². The largest absolute Gasteiger partial charge is 0.740 e. The van der Waals surface area contributed by atoms with Gasteiger partial charge in [-0.05, 0) is 0 Å². The fourth-order valence-corrected chi connectivity index (χ4v) is 0.681. The van der Waals surface area contributed by atoms with Crippen molar-refractivity contribution in [2.24, 2.45) is 0 Å². The van der Waals surface area contributed by atoms with Crippen LogP contribution >= 0.6 is 0 Å². The zero-order chi connectivity index (χ0) is 8.27. The summed E-state index contributed by atoms with van der Waals surface area (Å²) in [5.74, 6) is -1.17. The van der Waals surface area contributed by atoms with E-state index >= 15 is 0 Å². The first-order chi connectivity index (χ1) is 5.20. The van der Waals surface area contributed by atoms with E-state index in [0.717, 1.165) is 0 Å². The number of carbonyl (C=O) groups excluding carboxylic acids is 1. The van der Waals surface area contributed by atoms with Crippen molar-refractivity contribution in [3.8, 4) is 0 Å². The number of aromatic nitrogens is 2. The van der Waals surface area contributed by atoms with Crippen LogP contribution < -0.4 is 0 Å². The van der Waals surface area contributed by atoms with Crippen LogP contribution in [0.25, 0.3) is 0 Å². The number of nitrogens with zero attached hydrogens (tertiary/aromatic N) is 1. The van der Waals surface area contributed by atoms with Crippen LogP contribution in [-0.4, -0.2) is 24.7 Å². The average Bonchev–Trinajstić information content (AvgIpc) is 2.35. The molecule has 0 aliphatic rings. The normalized spacial score (nSPS) is 12.5. The number of rotatable bonds is 2. The van der Waals surface area contributed by atoms with Gasteiger partial charge in [-0.1, -0.05) is 0 Å². The van der Waals surface area contributed by atoms with Crippen LogP contribution in [0.2, 0.25) is 0 Å². The average molecular weight is 175 g/mol. The summed E-state index contributed by atoms with van der Waals surface area (Å²) in [6.07, 6.45) is 2.69. The van der Waals surface area contributed by atoms with Gasteiger partial charge in [-0.2, -0.15) is 0 Å². The molecule has 1 unspecified atom stereocenters. The number of carbonyl (C=O) groups is 1. The maximum Gasteiger partial charge on any atom is 0.387 e. The summed E-state index contributed by atoms with van der Waals surface area (Å²) in [7, 11) is 0. The first-order valence-electron chi connectivity index (χ1n) is 2.51. The predicted octanol–water partition coefficient (Wildman–Crippen LogP) is -0.639. The number of hydrogen-bond acceptors (Lipinski definition) is 5. The summed E-state index contributed by atoms with van der Waals surface area (Å²) in [6, 6.07) is 0. The zero-order valence-electron chi connectivity index (χ0n) is 5.14. The molecule has 1 aromatic heterocycles. The molecule has 0 saturated heterocycles. The van der Waals surface area contributed by atoms with E-state index in [4.69, 9.17) is 0 Å². The summed E-state index contributed by atoms with van der Waals surface area (Å²) in [6.45, 7) is 0. The molecule has 7 heteroatoms. The molecule has 6 nitrogen and oxygen atoms in total. The molecule has 1 atom stereocenters. The Morgan fingerprint density at radius 3 is 3.00 bits per heavy atom. The van der Waals surface area contributed by atoms with E-state index in [-0.39, 0.29) is 5.82 Å². The van der Waals surface area contributed by atoms with Gasteiger partial charge in [0.15, 0.2) is 0 Å². The van der Waals surface area contributed by atoms with Crippen molar-refractivity contribution in [2.75, 3.05) is 0 Å². The van der Waals surface area contributed by atoms with Crippen molar-refractivity contribution < 1.29 is 17.7 Å². The minimum Gasteiger partial charge on any atom is -0.740 e. The van der Waals surface area contributed by atoms with Gasteiger partial charge < -0.3 is 13.7 Å². The molecule has 0 saturated carbocycles. The van der Waals surface area contributed by atoms with Crippen molar-refractivity contribution in [2.45, 2.75) is 0 Å². The van der Waals surface area contributed by atoms with Crippen molar-refractivity contribution in [3.05, 3.63) is 18.2 Å². The third-order valence-corrected chi connectivity index (χ3v) is 1.12. The third kappa shape index (κ3) is 2.13. The first kappa shape index (κ1) is 7.89. The molecule has 0 spiro atoms. The van der Waals surface area contributed by atoms with E-state index < -0.39 is 17.3 Å². The Morgan fingerprint density at radius 2 is 2.55 bits per heavy atom. The number of aromatic amines is 1. The maximum atomic E-state index is 10.6. The van der Waals surface area contributed by atoms with Gasteiger partial charge in [-0.25, -0.2) is 14.0 Å². The van der Waals surface area contributed by atoms with Gasteiger partial charge in [0.05, 0.1) is 0 Å². The van der Waals surface area contributed by atoms with Crippen molar-refractivity contribution in [1.82, 2.24) is 9.97 Å². The fourth-order valence-electron chi connectivity index (χ4n) is 0.478. The Kier molecular flexibility index (Phi) is 2.34. The van der Waals surface area contributed by atoms with Crippen molar-refractivity contribution in [3.63, 3.8) is 0 Å². The minimum absolute atomic E-state index is 0.144. The fraction of sp³-hybridized carbons (Fsp3) is 0. The second-order valence-corrected chi connectivity index (χ2v) is 2.09. The Morgan fingerprint density at radius 1 is 1.82 bits per heavy atom. The zero-order valence-corrected chi connectivity index (χ0v) is 5.96. The van der Waals surface area contributed by atoms with E-state index in [1.165, 1.54) is 12.4 Å². The van der Waals surface area contributed by atoms with E-state index in [2.05, 4.69) is 14.2 Å². The lowest BCUT2D eigenvalue weighted by atomic mass is 10.6. The van der Waals surface area contributed by atoms with Crippen LogP contribution in [0.1, 0.15) is 10.6 Å². The Hall–Kier alpha value is -1.21. The molecule has 0 radical (unpaired) electrons. The highest BCUT2D eigenvalue weighted by Gasteiger charge is 2.08. The lowest BCUT2D eigenvalue weighted by Crippen LogP contribution is -2.08. The molecular formula is C4H3N2O4S-. The quantitative estimate of drug-likeness (QED) is 0.603. The van der Waals surface area contributed by atoms with Crippen LogP contribution in [0.5, 0.6) is 0 Å². The van der Waals surface area contributed by atoms with Gasteiger partial charge in [0.2, 0.25) is 5.82 Å². The van der Waals surface area contributed by atoms with E-state index in [9.17, 15) is 13.6 Å². The van der Waals surface area contributed by atoms with Crippen LogP contribution in [0.15, 0.2) is 12.4 Å². The molecule has 0 fully saturated rings. The molecule has 0 amide bonds. The highest BCUT2D eigenvalue weighted by molar-refractivity contribution is 7.74. The smallest absolute Gasteiger partial charge is 0.387 e. The van der Waals surface area contributed by atoms with Crippen LogP contribution in [-0.2, 0) is 15.5 Å². The van der Waals surface area contributed by atoms with E-state index in [1.54, 1.807) is 0 Å². The lowest BCUT2D eigenvalue weighted by Gasteiger charge is -2.01. The Bertz CT molecular complexity index is 270. The van der Waals surface area contributed by atoms with Crippen LogP contribution in [0.4, 0.5) is 0 Å². The molecule has 1 rings (SSSR count). The van der Waals surface area contributed by atoms with E-state index in [0.29, 0.717) is 0 Å². The third-order valence-electron chi connectivity index (χ3n) is 0.835. The van der Waals surface area contributed by atoms with Gasteiger partial charge in [0, 0.05) is 12.4 Å². The molecule has 60 valence electrons. The molecule has 1 N–H and O–H groups in total. The molecule has 1 heterocycles. The van der Waals surface area contributed by atoms with Gasteiger partial charge in [-0.15, -0.1) is 0 Å². The molecule has 1 aromatic rings. The summed E-state index contributed by atoms with van der Waals surface area (Å²) < 4.78 is 23.4. The molecule has 11 heavy (non-hydrogen) atoms. The van der Waals surface area contributed by atoms with Gasteiger partial charge in [0.1, 0.15) is 11.4 Å². The standard InChI is InChI=1S/C4H4N2O4S/c7-4(10-11(8)9)3-5-1-2-6-3/h1-2H,(H,5,6)(H,8,9)/p-1. The van der Waals surface area contributed by atoms with Gasteiger partial charge in [-0.3, -0.25) is 0 Å². The summed E-state index contributed by atoms with van der Waals surface area (Å²) in [4.78, 5) is 16.5. The number of hydrogen-bond donors (Lipinski definition) is 1. The summed E-state index contributed by atoms with van der Waals surface area (Å²) in [5.41, 5.74) is 0. The summed E-state index contributed by atoms with van der Waals surface area (Å²) in [5, 5.41) is 0. The molecule has 0 aliphatic carbocycles. The first-order valence-corrected chi connectivity index (χ1v) is 3.51. The number of nitrogens with one attached hydrogen (secondary N) is 1. The SMILES string of the molecule is O=C(OS(=O)[O-])c1ncc[nH]1. The highest BCUT2D eigenvalue weighted by Crippen LogP contribution is 1.93. The molecule has 0 aliphatic heterocycles. The second-order valence-electron chi connectivity index (χ2n) is 1.51. The monoisotopic (exact) mass is 175 g/mol.